The van der Waals surface area contributed by atoms with Crippen LogP contribution in [0.4, 0.5) is 0 Å². The van der Waals surface area contributed by atoms with Gasteiger partial charge in [-0.05, 0) is 54.6 Å². The van der Waals surface area contributed by atoms with Gasteiger partial charge in [0.2, 0.25) is 0 Å². The first kappa shape index (κ1) is 24.4. The predicted octanol–water partition coefficient (Wildman–Crippen LogP) is 10.2. The van der Waals surface area contributed by atoms with Crippen molar-refractivity contribution in [2.45, 2.75) is 6.17 Å². The Bertz CT molecular complexity index is 2630. The van der Waals surface area contributed by atoms with Gasteiger partial charge in [-0.15, -0.1) is 0 Å². The Kier molecular flexibility index (Phi) is 5.02. The van der Waals surface area contributed by atoms with Crippen LogP contribution in [0, 0.1) is 0 Å². The van der Waals surface area contributed by atoms with Crippen molar-refractivity contribution in [3.05, 3.63) is 158 Å². The summed E-state index contributed by atoms with van der Waals surface area (Å²) < 4.78 is 7.27. The highest BCUT2D eigenvalue weighted by Crippen LogP contribution is 2.42. The molecule has 212 valence electrons. The summed E-state index contributed by atoms with van der Waals surface area (Å²) in [6.07, 6.45) is 6.60. The van der Waals surface area contributed by atoms with Crippen LogP contribution >= 0.6 is 0 Å². The quantitative estimate of drug-likeness (QED) is 0.223. The second-order valence-electron chi connectivity index (χ2n) is 11.8. The summed E-state index contributed by atoms with van der Waals surface area (Å²) in [4.78, 5) is 0. The van der Waals surface area contributed by atoms with E-state index >= 15 is 0 Å². The molecule has 0 saturated carbocycles. The molecule has 4 heterocycles. The van der Waals surface area contributed by atoms with E-state index in [4.69, 9.17) is 0 Å². The number of para-hydroxylation sites is 5. The molecule has 4 heteroatoms. The number of hydrogen-bond donors (Lipinski definition) is 1. The molecule has 1 aliphatic rings. The van der Waals surface area contributed by atoms with Crippen LogP contribution in [0.1, 0.15) is 6.17 Å². The summed E-state index contributed by atoms with van der Waals surface area (Å²) in [5.74, 6) is 1.05. The van der Waals surface area contributed by atoms with Gasteiger partial charge in [0.15, 0.2) is 0 Å². The lowest BCUT2D eigenvalue weighted by molar-refractivity contribution is 0.577. The molecule has 0 aliphatic carbocycles. The largest absolute Gasteiger partial charge is 0.347 e. The van der Waals surface area contributed by atoms with E-state index in [1.54, 1.807) is 0 Å². The van der Waals surface area contributed by atoms with Crippen molar-refractivity contribution in [2.75, 3.05) is 0 Å². The molecule has 1 unspecified atom stereocenters. The zero-order chi connectivity index (χ0) is 29.5. The third-order valence-electron chi connectivity index (χ3n) is 9.46. The molecule has 0 amide bonds. The van der Waals surface area contributed by atoms with Crippen LogP contribution in [0.3, 0.4) is 0 Å². The Morgan fingerprint density at radius 3 is 1.69 bits per heavy atom. The molecule has 45 heavy (non-hydrogen) atoms. The molecule has 0 bridgehead atoms. The first-order chi connectivity index (χ1) is 22.4. The van der Waals surface area contributed by atoms with Crippen molar-refractivity contribution in [1.29, 1.82) is 0 Å². The molecule has 0 radical (unpaired) electrons. The molecule has 10 rings (SSSR count). The average Bonchev–Trinajstić information content (AvgIpc) is 3.74. The highest BCUT2D eigenvalue weighted by atomic mass is 15.3. The van der Waals surface area contributed by atoms with Gasteiger partial charge in [-0.2, -0.15) is 0 Å². The van der Waals surface area contributed by atoms with E-state index in [0.717, 1.165) is 11.5 Å². The number of hydrogen-bond acceptors (Lipinski definition) is 1. The van der Waals surface area contributed by atoms with E-state index < -0.39 is 0 Å². The number of aromatic nitrogens is 3. The molecule has 0 spiro atoms. The number of allylic oxidation sites excluding steroid dienone is 2. The molecule has 6 aromatic carbocycles. The molecule has 3 aromatic heterocycles. The van der Waals surface area contributed by atoms with E-state index in [-0.39, 0.29) is 6.17 Å². The predicted molar refractivity (Wildman–Crippen MR) is 189 cm³/mol. The van der Waals surface area contributed by atoms with Crippen LogP contribution in [0.15, 0.2) is 158 Å². The smallest absolute Gasteiger partial charge is 0.124 e. The Labute approximate surface area is 259 Å². The average molecular weight is 577 g/mol. The Morgan fingerprint density at radius 2 is 1.00 bits per heavy atom. The van der Waals surface area contributed by atoms with E-state index in [9.17, 15) is 0 Å². The van der Waals surface area contributed by atoms with Gasteiger partial charge in [0, 0.05) is 38.0 Å². The van der Waals surface area contributed by atoms with E-state index in [0.29, 0.717) is 0 Å². The Morgan fingerprint density at radius 1 is 0.444 bits per heavy atom. The summed E-state index contributed by atoms with van der Waals surface area (Å²) in [6, 6.07) is 50.3. The summed E-state index contributed by atoms with van der Waals surface area (Å²) in [6.45, 7) is 0. The maximum absolute atomic E-state index is 3.94. The molecule has 1 N–H and O–H groups in total. The molecular weight excluding hydrogens is 548 g/mol. The lowest BCUT2D eigenvalue weighted by Gasteiger charge is -2.26. The van der Waals surface area contributed by atoms with Gasteiger partial charge in [-0.1, -0.05) is 103 Å². The maximum atomic E-state index is 3.94. The van der Waals surface area contributed by atoms with E-state index in [1.807, 2.05) is 0 Å². The topological polar surface area (TPSA) is 26.8 Å². The van der Waals surface area contributed by atoms with Gasteiger partial charge in [-0.3, -0.25) is 4.57 Å². The molecule has 9 aromatic rings. The summed E-state index contributed by atoms with van der Waals surface area (Å²) >= 11 is 0. The van der Waals surface area contributed by atoms with Gasteiger partial charge in [0.25, 0.3) is 0 Å². The van der Waals surface area contributed by atoms with Crippen molar-refractivity contribution in [3.8, 4) is 5.69 Å². The van der Waals surface area contributed by atoms with Gasteiger partial charge in [0.05, 0.1) is 33.1 Å². The van der Waals surface area contributed by atoms with E-state index in [1.165, 1.54) is 65.4 Å². The lowest BCUT2D eigenvalue weighted by atomic mass is 10.1. The third-order valence-corrected chi connectivity index (χ3v) is 9.46. The zero-order valence-corrected chi connectivity index (χ0v) is 24.4. The first-order valence-electron chi connectivity index (χ1n) is 15.5. The fourth-order valence-electron chi connectivity index (χ4n) is 7.66. The highest BCUT2D eigenvalue weighted by Gasteiger charge is 2.24. The lowest BCUT2D eigenvalue weighted by Crippen LogP contribution is -2.28. The first-order valence-corrected chi connectivity index (χ1v) is 15.5. The number of nitrogens with zero attached hydrogens (tertiary/aromatic N) is 3. The minimum atomic E-state index is -0.0505. The van der Waals surface area contributed by atoms with Crippen molar-refractivity contribution in [3.63, 3.8) is 0 Å². The number of rotatable bonds is 3. The molecular formula is C41H28N4. The van der Waals surface area contributed by atoms with Crippen LogP contribution in [0.25, 0.3) is 76.9 Å². The monoisotopic (exact) mass is 576 g/mol. The SMILES string of the molecule is C1=CC(n2c3ccccc3c3ccccc32)NC(n2c3ccccc3c3c2ccc2c4ccccc4n(-c4ccccc4)c23)=C1. The minimum absolute atomic E-state index is 0.0505. The van der Waals surface area contributed by atoms with Crippen molar-refractivity contribution in [2.24, 2.45) is 0 Å². The van der Waals surface area contributed by atoms with Crippen LogP contribution in [-0.4, -0.2) is 13.7 Å². The Hall–Kier alpha value is -6.00. The highest BCUT2D eigenvalue weighted by molar-refractivity contribution is 6.26. The normalized spacial score (nSPS) is 15.1. The maximum Gasteiger partial charge on any atom is 0.124 e. The van der Waals surface area contributed by atoms with Crippen LogP contribution in [0.2, 0.25) is 0 Å². The van der Waals surface area contributed by atoms with Gasteiger partial charge >= 0.3 is 0 Å². The molecule has 1 aliphatic heterocycles. The Balaban J connectivity index is 1.24. The minimum Gasteiger partial charge on any atom is -0.347 e. The van der Waals surface area contributed by atoms with E-state index in [2.05, 4.69) is 177 Å². The second kappa shape index (κ2) is 9.25. The molecule has 0 fully saturated rings. The number of benzene rings is 6. The van der Waals surface area contributed by atoms with Gasteiger partial charge in [0.1, 0.15) is 12.0 Å². The van der Waals surface area contributed by atoms with Crippen molar-refractivity contribution >= 4 is 71.2 Å². The fraction of sp³-hybridized carbons (Fsp3) is 0.0244. The van der Waals surface area contributed by atoms with Crippen LogP contribution in [-0.2, 0) is 0 Å². The third kappa shape index (κ3) is 3.36. The summed E-state index contributed by atoms with van der Waals surface area (Å²) in [5.41, 5.74) is 8.42. The number of dihydropyridines is 1. The molecule has 4 nitrogen and oxygen atoms in total. The number of nitrogens with one attached hydrogen (secondary N) is 1. The molecule has 0 saturated heterocycles. The standard InChI is InChI=1S/C41H28N4/c1-2-13-27(14-3-1)43-33-19-8-6-17-30(33)31-25-26-37-40(41(31)43)32-18-7-11-22-36(32)45(37)39-24-12-23-38(42-39)44-34-20-9-4-15-28(34)29-16-5-10-21-35(29)44/h1-26,38,42H. The summed E-state index contributed by atoms with van der Waals surface area (Å²) in [7, 11) is 0. The number of fused-ring (bicyclic) bond motifs is 10. The zero-order valence-electron chi connectivity index (χ0n) is 24.4. The van der Waals surface area contributed by atoms with Crippen LogP contribution < -0.4 is 5.32 Å². The second-order valence-corrected chi connectivity index (χ2v) is 11.8. The molecule has 1 atom stereocenters. The van der Waals surface area contributed by atoms with Crippen molar-refractivity contribution < 1.29 is 0 Å². The van der Waals surface area contributed by atoms with Crippen molar-refractivity contribution in [1.82, 2.24) is 19.0 Å². The van der Waals surface area contributed by atoms with Gasteiger partial charge in [-0.25, -0.2) is 0 Å². The van der Waals surface area contributed by atoms with Gasteiger partial charge < -0.3 is 14.5 Å². The van der Waals surface area contributed by atoms with Crippen LogP contribution in [0.5, 0.6) is 0 Å². The summed E-state index contributed by atoms with van der Waals surface area (Å²) in [5, 5.41) is 11.5. The fourth-order valence-corrected chi connectivity index (χ4v) is 7.66.